The SMILES string of the molecule is COc1ccccc1C=NNC(=O)c1nnn(-c2nonc2N)c1-c1ccc2c(c1)OCO2. The van der Waals surface area contributed by atoms with E-state index in [9.17, 15) is 4.79 Å². The molecular weight excluding hydrogens is 432 g/mol. The van der Waals surface area contributed by atoms with Gasteiger partial charge in [0.25, 0.3) is 5.91 Å². The largest absolute Gasteiger partial charge is 0.496 e. The predicted octanol–water partition coefficient (Wildman–Crippen LogP) is 1.40. The first-order chi connectivity index (χ1) is 16.2. The molecule has 1 aliphatic heterocycles. The van der Waals surface area contributed by atoms with Crippen molar-refractivity contribution in [1.29, 1.82) is 0 Å². The topological polar surface area (TPSA) is 165 Å². The van der Waals surface area contributed by atoms with Gasteiger partial charge < -0.3 is 19.9 Å². The lowest BCUT2D eigenvalue weighted by molar-refractivity contribution is 0.0950. The average Bonchev–Trinajstić information content (AvgIpc) is 3.57. The lowest BCUT2D eigenvalue weighted by Gasteiger charge is -2.07. The van der Waals surface area contributed by atoms with Crippen molar-refractivity contribution < 1.29 is 23.6 Å². The lowest BCUT2D eigenvalue weighted by atomic mass is 10.1. The van der Waals surface area contributed by atoms with E-state index in [-0.39, 0.29) is 29.8 Å². The number of fused-ring (bicyclic) bond motifs is 1. The number of hydrogen-bond acceptors (Lipinski definition) is 11. The van der Waals surface area contributed by atoms with Crippen molar-refractivity contribution in [3.63, 3.8) is 0 Å². The third-order valence-electron chi connectivity index (χ3n) is 4.74. The van der Waals surface area contributed by atoms with Gasteiger partial charge in [0, 0.05) is 11.1 Å². The molecule has 3 N–H and O–H groups in total. The summed E-state index contributed by atoms with van der Waals surface area (Å²) in [5.74, 6) is 1.13. The maximum atomic E-state index is 13.0. The Bertz CT molecular complexity index is 1360. The Labute approximate surface area is 185 Å². The molecule has 1 aliphatic rings. The molecular formula is C20H16N8O5. The number of nitrogens with zero attached hydrogens (tertiary/aromatic N) is 6. The Morgan fingerprint density at radius 2 is 2.06 bits per heavy atom. The fourth-order valence-corrected chi connectivity index (χ4v) is 3.21. The summed E-state index contributed by atoms with van der Waals surface area (Å²) in [6, 6.07) is 12.4. The summed E-state index contributed by atoms with van der Waals surface area (Å²) in [6.45, 7) is 0.0987. The van der Waals surface area contributed by atoms with Gasteiger partial charge in [-0.3, -0.25) is 4.79 Å². The number of nitrogens with one attached hydrogen (secondary N) is 1. The van der Waals surface area contributed by atoms with Gasteiger partial charge in [-0.05, 0) is 40.6 Å². The number of carbonyl (C=O) groups is 1. The number of ether oxygens (including phenoxy) is 3. The highest BCUT2D eigenvalue weighted by molar-refractivity contribution is 5.99. The minimum Gasteiger partial charge on any atom is -0.496 e. The Kier molecular flexibility index (Phi) is 5.03. The summed E-state index contributed by atoms with van der Waals surface area (Å²) in [5.41, 5.74) is 9.75. The quantitative estimate of drug-likeness (QED) is 0.325. The summed E-state index contributed by atoms with van der Waals surface area (Å²) in [4.78, 5) is 13.0. The summed E-state index contributed by atoms with van der Waals surface area (Å²) in [6.07, 6.45) is 1.46. The normalized spacial score (nSPS) is 12.3. The number of nitrogen functional groups attached to an aromatic ring is 1. The van der Waals surface area contributed by atoms with Gasteiger partial charge in [0.15, 0.2) is 17.2 Å². The zero-order chi connectivity index (χ0) is 22.8. The molecule has 3 heterocycles. The van der Waals surface area contributed by atoms with E-state index in [0.29, 0.717) is 28.4 Å². The number of aromatic nitrogens is 5. The van der Waals surface area contributed by atoms with Gasteiger partial charge in [0.2, 0.25) is 18.4 Å². The molecule has 1 amide bonds. The van der Waals surface area contributed by atoms with Crippen LogP contribution in [0.1, 0.15) is 16.1 Å². The molecule has 5 rings (SSSR count). The molecule has 0 saturated heterocycles. The number of nitrogens with two attached hydrogens (primary N) is 1. The van der Waals surface area contributed by atoms with Gasteiger partial charge >= 0.3 is 0 Å². The highest BCUT2D eigenvalue weighted by Gasteiger charge is 2.26. The van der Waals surface area contributed by atoms with E-state index in [1.54, 1.807) is 37.4 Å². The molecule has 13 heteroatoms. The van der Waals surface area contributed by atoms with Crippen LogP contribution in [-0.2, 0) is 0 Å². The van der Waals surface area contributed by atoms with Crippen LogP contribution in [0.3, 0.4) is 0 Å². The van der Waals surface area contributed by atoms with Crippen molar-refractivity contribution in [2.45, 2.75) is 0 Å². The molecule has 13 nitrogen and oxygen atoms in total. The lowest BCUT2D eigenvalue weighted by Crippen LogP contribution is -2.19. The molecule has 0 unspecified atom stereocenters. The molecule has 0 bridgehead atoms. The predicted molar refractivity (Wildman–Crippen MR) is 113 cm³/mol. The number of anilines is 1. The molecule has 0 fully saturated rings. The first-order valence-electron chi connectivity index (χ1n) is 9.56. The van der Waals surface area contributed by atoms with E-state index in [1.807, 2.05) is 12.1 Å². The molecule has 2 aromatic carbocycles. The maximum absolute atomic E-state index is 13.0. The van der Waals surface area contributed by atoms with Crippen LogP contribution in [0.2, 0.25) is 0 Å². The van der Waals surface area contributed by atoms with Crippen LogP contribution in [0.15, 0.2) is 52.2 Å². The van der Waals surface area contributed by atoms with Crippen molar-refractivity contribution in [3.05, 3.63) is 53.7 Å². The van der Waals surface area contributed by atoms with E-state index in [2.05, 4.69) is 35.8 Å². The molecule has 0 atom stereocenters. The summed E-state index contributed by atoms with van der Waals surface area (Å²) >= 11 is 0. The van der Waals surface area contributed by atoms with Crippen LogP contribution in [0.25, 0.3) is 17.1 Å². The molecule has 4 aromatic rings. The van der Waals surface area contributed by atoms with Gasteiger partial charge in [-0.15, -0.1) is 5.10 Å². The Morgan fingerprint density at radius 1 is 1.21 bits per heavy atom. The van der Waals surface area contributed by atoms with E-state index in [4.69, 9.17) is 19.9 Å². The standard InChI is InChI=1S/C20H16N8O5/c1-30-13-5-3-2-4-12(13)9-22-24-20(29)16-17(11-6-7-14-15(8-11)32-10-31-14)28(27-23-16)19-18(21)25-33-26-19/h2-9H,10H2,1H3,(H2,21,25)(H,24,29). The molecule has 0 radical (unpaired) electrons. The second-order valence-corrected chi connectivity index (χ2v) is 6.68. The second-order valence-electron chi connectivity index (χ2n) is 6.68. The average molecular weight is 448 g/mol. The third kappa shape index (κ3) is 3.67. The van der Waals surface area contributed by atoms with Gasteiger partial charge in [-0.1, -0.05) is 17.3 Å². The van der Waals surface area contributed by atoms with Crippen LogP contribution in [0, 0.1) is 0 Å². The van der Waals surface area contributed by atoms with Crippen molar-refractivity contribution in [2.75, 3.05) is 19.6 Å². The van der Waals surface area contributed by atoms with Crippen molar-refractivity contribution in [1.82, 2.24) is 30.7 Å². The number of benzene rings is 2. The third-order valence-corrected chi connectivity index (χ3v) is 4.74. The van der Waals surface area contributed by atoms with Crippen molar-refractivity contribution in [2.24, 2.45) is 5.10 Å². The summed E-state index contributed by atoms with van der Waals surface area (Å²) in [5, 5.41) is 19.4. The molecule has 0 spiro atoms. The summed E-state index contributed by atoms with van der Waals surface area (Å²) in [7, 11) is 1.55. The summed E-state index contributed by atoms with van der Waals surface area (Å²) < 4.78 is 22.0. The zero-order valence-electron chi connectivity index (χ0n) is 17.1. The van der Waals surface area contributed by atoms with Crippen LogP contribution >= 0.6 is 0 Å². The number of rotatable bonds is 6. The minimum absolute atomic E-state index is 0.0250. The number of methoxy groups -OCH3 is 1. The number of hydrazone groups is 1. The number of hydrogen-bond donors (Lipinski definition) is 2. The highest BCUT2D eigenvalue weighted by Crippen LogP contribution is 2.37. The van der Waals surface area contributed by atoms with Gasteiger partial charge in [0.05, 0.1) is 13.3 Å². The number of para-hydroxylation sites is 1. The highest BCUT2D eigenvalue weighted by atomic mass is 16.7. The van der Waals surface area contributed by atoms with Crippen molar-refractivity contribution >= 4 is 17.9 Å². The number of carbonyl (C=O) groups excluding carboxylic acids is 1. The first-order valence-corrected chi connectivity index (χ1v) is 9.56. The molecule has 0 aliphatic carbocycles. The molecule has 2 aromatic heterocycles. The van der Waals surface area contributed by atoms with Gasteiger partial charge in [-0.2, -0.15) is 9.78 Å². The van der Waals surface area contributed by atoms with Gasteiger partial charge in [-0.25, -0.2) is 10.1 Å². The smallest absolute Gasteiger partial charge is 0.294 e. The number of amides is 1. The molecule has 166 valence electrons. The monoisotopic (exact) mass is 448 g/mol. The fraction of sp³-hybridized carbons (Fsp3) is 0.100. The Hall–Kier alpha value is -4.94. The first kappa shape index (κ1) is 20.0. The van der Waals surface area contributed by atoms with Gasteiger partial charge in [0.1, 0.15) is 11.4 Å². The minimum atomic E-state index is -0.616. The zero-order valence-corrected chi connectivity index (χ0v) is 17.1. The fourth-order valence-electron chi connectivity index (χ4n) is 3.21. The van der Waals surface area contributed by atoms with E-state index in [0.717, 1.165) is 0 Å². The van der Waals surface area contributed by atoms with Crippen LogP contribution in [0.4, 0.5) is 5.82 Å². The van der Waals surface area contributed by atoms with Crippen LogP contribution in [0.5, 0.6) is 17.2 Å². The second kappa shape index (κ2) is 8.30. The van der Waals surface area contributed by atoms with Crippen molar-refractivity contribution in [3.8, 4) is 34.3 Å². The van der Waals surface area contributed by atoms with E-state index >= 15 is 0 Å². The molecule has 33 heavy (non-hydrogen) atoms. The van der Waals surface area contributed by atoms with Crippen LogP contribution < -0.4 is 25.4 Å². The maximum Gasteiger partial charge on any atom is 0.294 e. The molecule has 0 saturated carbocycles. The van der Waals surface area contributed by atoms with Crippen LogP contribution in [-0.4, -0.2) is 51.3 Å². The van der Waals surface area contributed by atoms with E-state index in [1.165, 1.54) is 10.9 Å². The Morgan fingerprint density at radius 3 is 2.88 bits per heavy atom. The Balaban J connectivity index is 1.51. The van der Waals surface area contributed by atoms with E-state index < -0.39 is 5.91 Å².